The Kier molecular flexibility index (Phi) is 4.88. The Balaban J connectivity index is 1.88. The molecule has 0 aromatic heterocycles. The Bertz CT molecular complexity index is 639. The van der Waals surface area contributed by atoms with Crippen molar-refractivity contribution in [3.63, 3.8) is 0 Å². The van der Waals surface area contributed by atoms with Crippen LogP contribution < -0.4 is 0 Å². The summed E-state index contributed by atoms with van der Waals surface area (Å²) >= 11 is 0. The zero-order chi connectivity index (χ0) is 17.3. The van der Waals surface area contributed by atoms with Crippen molar-refractivity contribution in [1.29, 1.82) is 0 Å². The molecule has 1 N–H and O–H groups in total. The Morgan fingerprint density at radius 3 is 2.46 bits per heavy atom. The van der Waals surface area contributed by atoms with Crippen LogP contribution in [-0.2, 0) is 9.59 Å². The van der Waals surface area contributed by atoms with Gasteiger partial charge in [0.15, 0.2) is 0 Å². The summed E-state index contributed by atoms with van der Waals surface area (Å²) in [5.41, 5.74) is 1.46. The minimum atomic E-state index is -0.840. The van der Waals surface area contributed by atoms with E-state index in [-0.39, 0.29) is 30.2 Å². The first-order chi connectivity index (χ1) is 11.5. The van der Waals surface area contributed by atoms with E-state index in [4.69, 9.17) is 0 Å². The largest absolute Gasteiger partial charge is 0.481 e. The molecular formula is C19H24FNO3. The highest BCUT2D eigenvalue weighted by molar-refractivity contribution is 5.81. The van der Waals surface area contributed by atoms with E-state index < -0.39 is 11.9 Å². The van der Waals surface area contributed by atoms with E-state index >= 15 is 0 Å². The summed E-state index contributed by atoms with van der Waals surface area (Å²) in [5.74, 6) is -1.51. The van der Waals surface area contributed by atoms with Gasteiger partial charge in [-0.15, -0.1) is 0 Å². The minimum Gasteiger partial charge on any atom is -0.481 e. The maximum atomic E-state index is 13.6. The predicted molar refractivity (Wildman–Crippen MR) is 87.9 cm³/mol. The van der Waals surface area contributed by atoms with Crippen LogP contribution in [0.15, 0.2) is 18.2 Å². The fraction of sp³-hybridized carbons (Fsp3) is 0.579. The van der Waals surface area contributed by atoms with E-state index in [1.807, 2.05) is 0 Å². The maximum absolute atomic E-state index is 13.6. The highest BCUT2D eigenvalue weighted by Crippen LogP contribution is 2.37. The van der Waals surface area contributed by atoms with E-state index in [1.165, 1.54) is 6.07 Å². The summed E-state index contributed by atoms with van der Waals surface area (Å²) < 4.78 is 13.6. The Morgan fingerprint density at radius 2 is 1.83 bits per heavy atom. The lowest BCUT2D eigenvalue weighted by Gasteiger charge is -2.40. The van der Waals surface area contributed by atoms with Gasteiger partial charge >= 0.3 is 5.97 Å². The Morgan fingerprint density at radius 1 is 1.12 bits per heavy atom. The number of piperidine rings is 1. The number of amides is 1. The summed E-state index contributed by atoms with van der Waals surface area (Å²) in [6, 6.07) is 4.80. The molecule has 1 saturated carbocycles. The van der Waals surface area contributed by atoms with Gasteiger partial charge in [-0.2, -0.15) is 0 Å². The molecule has 0 radical (unpaired) electrons. The number of carboxylic acids is 1. The number of nitrogens with zero attached hydrogens (tertiary/aromatic N) is 1. The average Bonchev–Trinajstić information content (AvgIpc) is 3.10. The molecule has 1 aromatic carbocycles. The van der Waals surface area contributed by atoms with Gasteiger partial charge in [0.1, 0.15) is 5.82 Å². The van der Waals surface area contributed by atoms with Crippen LogP contribution in [0.1, 0.15) is 55.7 Å². The molecule has 1 aliphatic carbocycles. The van der Waals surface area contributed by atoms with Gasteiger partial charge in [0.25, 0.3) is 0 Å². The molecule has 130 valence electrons. The van der Waals surface area contributed by atoms with Crippen molar-refractivity contribution in [3.05, 3.63) is 35.1 Å². The van der Waals surface area contributed by atoms with Gasteiger partial charge in [-0.25, -0.2) is 4.39 Å². The van der Waals surface area contributed by atoms with Crippen molar-refractivity contribution in [2.24, 2.45) is 11.8 Å². The third kappa shape index (κ3) is 3.30. The second-order valence-corrected chi connectivity index (χ2v) is 7.11. The maximum Gasteiger partial charge on any atom is 0.308 e. The van der Waals surface area contributed by atoms with Crippen molar-refractivity contribution in [1.82, 2.24) is 4.90 Å². The SMILES string of the molecule is Cc1cc([C@H]2CC[C@@H](C(=O)O)CN2C(=O)C2CCCC2)ccc1F. The summed E-state index contributed by atoms with van der Waals surface area (Å²) in [6.45, 7) is 1.97. The van der Waals surface area contributed by atoms with Crippen LogP contribution in [-0.4, -0.2) is 28.4 Å². The molecule has 0 spiro atoms. The standard InChI is InChI=1S/C19H24FNO3/c1-12-10-14(6-8-16(12)20)17-9-7-15(19(23)24)11-21(17)18(22)13-4-2-3-5-13/h6,8,10,13,15,17H,2-5,7,9,11H2,1H3,(H,23,24)/t15-,17-/m1/s1. The second-order valence-electron chi connectivity index (χ2n) is 7.11. The first-order valence-corrected chi connectivity index (χ1v) is 8.76. The number of likely N-dealkylation sites (tertiary alicyclic amines) is 1. The van der Waals surface area contributed by atoms with E-state index in [9.17, 15) is 19.1 Å². The minimum absolute atomic E-state index is 0.0154. The molecule has 24 heavy (non-hydrogen) atoms. The molecule has 4 nitrogen and oxygen atoms in total. The molecule has 1 amide bonds. The van der Waals surface area contributed by atoms with E-state index in [2.05, 4.69) is 0 Å². The lowest BCUT2D eigenvalue weighted by atomic mass is 9.87. The summed E-state index contributed by atoms with van der Waals surface area (Å²) in [6.07, 6.45) is 5.07. The molecule has 1 heterocycles. The number of hydrogen-bond acceptors (Lipinski definition) is 2. The third-order valence-corrected chi connectivity index (χ3v) is 5.49. The normalized spacial score (nSPS) is 25.0. The van der Waals surface area contributed by atoms with Crippen molar-refractivity contribution in [2.45, 2.75) is 51.5 Å². The molecule has 3 rings (SSSR count). The highest BCUT2D eigenvalue weighted by atomic mass is 19.1. The lowest BCUT2D eigenvalue weighted by molar-refractivity contribution is -0.149. The number of hydrogen-bond donors (Lipinski definition) is 1. The molecule has 0 bridgehead atoms. The van der Waals surface area contributed by atoms with Gasteiger partial charge < -0.3 is 10.0 Å². The molecule has 1 saturated heterocycles. The zero-order valence-electron chi connectivity index (χ0n) is 14.0. The van der Waals surface area contributed by atoms with Crippen molar-refractivity contribution >= 4 is 11.9 Å². The number of halogens is 1. The van der Waals surface area contributed by atoms with Crippen LogP contribution in [0, 0.1) is 24.6 Å². The second kappa shape index (κ2) is 6.91. The third-order valence-electron chi connectivity index (χ3n) is 5.49. The van der Waals surface area contributed by atoms with Crippen LogP contribution in [0.25, 0.3) is 0 Å². The number of aliphatic carboxylic acids is 1. The average molecular weight is 333 g/mol. The quantitative estimate of drug-likeness (QED) is 0.918. The zero-order valence-corrected chi connectivity index (χ0v) is 14.0. The van der Waals surface area contributed by atoms with Gasteiger partial charge in [-0.1, -0.05) is 25.0 Å². The van der Waals surface area contributed by atoms with Crippen molar-refractivity contribution in [3.8, 4) is 0 Å². The summed E-state index contributed by atoms with van der Waals surface area (Å²) in [4.78, 5) is 26.1. The molecule has 1 aliphatic heterocycles. The van der Waals surface area contributed by atoms with E-state index in [0.29, 0.717) is 18.4 Å². The van der Waals surface area contributed by atoms with Crippen LogP contribution in [0.2, 0.25) is 0 Å². The Hall–Kier alpha value is -1.91. The molecular weight excluding hydrogens is 309 g/mol. The molecule has 5 heteroatoms. The van der Waals surface area contributed by atoms with Crippen LogP contribution in [0.3, 0.4) is 0 Å². The highest BCUT2D eigenvalue weighted by Gasteiger charge is 2.38. The van der Waals surface area contributed by atoms with Gasteiger partial charge in [0.2, 0.25) is 5.91 Å². The van der Waals surface area contributed by atoms with Gasteiger partial charge in [0.05, 0.1) is 12.0 Å². The van der Waals surface area contributed by atoms with Crippen LogP contribution >= 0.6 is 0 Å². The van der Waals surface area contributed by atoms with Gasteiger partial charge in [-0.05, 0) is 49.8 Å². The Labute approximate surface area is 141 Å². The molecule has 0 unspecified atom stereocenters. The van der Waals surface area contributed by atoms with Crippen LogP contribution in [0.5, 0.6) is 0 Å². The topological polar surface area (TPSA) is 57.6 Å². The van der Waals surface area contributed by atoms with Gasteiger partial charge in [0, 0.05) is 12.5 Å². The van der Waals surface area contributed by atoms with Gasteiger partial charge in [-0.3, -0.25) is 9.59 Å². The fourth-order valence-corrected chi connectivity index (χ4v) is 4.05. The van der Waals surface area contributed by atoms with Crippen LogP contribution in [0.4, 0.5) is 4.39 Å². The number of rotatable bonds is 3. The number of benzene rings is 1. The summed E-state index contributed by atoms with van der Waals surface area (Å²) in [7, 11) is 0. The predicted octanol–water partition coefficient (Wildman–Crippen LogP) is 3.69. The monoisotopic (exact) mass is 333 g/mol. The number of carboxylic acid groups (broad SMARTS) is 1. The molecule has 1 aromatic rings. The number of aryl methyl sites for hydroxylation is 1. The molecule has 2 fully saturated rings. The summed E-state index contributed by atoms with van der Waals surface area (Å²) in [5, 5.41) is 9.35. The van der Waals surface area contributed by atoms with E-state index in [1.54, 1.807) is 24.0 Å². The molecule has 2 aliphatic rings. The van der Waals surface area contributed by atoms with Crippen molar-refractivity contribution in [2.75, 3.05) is 6.54 Å². The first kappa shape index (κ1) is 16.9. The lowest BCUT2D eigenvalue weighted by Crippen LogP contribution is -2.46. The molecule has 2 atom stereocenters. The van der Waals surface area contributed by atoms with E-state index in [0.717, 1.165) is 31.2 Å². The smallest absolute Gasteiger partial charge is 0.308 e. The van der Waals surface area contributed by atoms with Crippen molar-refractivity contribution < 1.29 is 19.1 Å². The number of carbonyl (C=O) groups excluding carboxylic acids is 1. The fourth-order valence-electron chi connectivity index (χ4n) is 4.05. The first-order valence-electron chi connectivity index (χ1n) is 8.76. The number of carbonyl (C=O) groups is 2.